The number of amides is 1. The summed E-state index contributed by atoms with van der Waals surface area (Å²) in [5, 5.41) is 10.0. The maximum absolute atomic E-state index is 14.1. The largest absolute Gasteiger partial charge is 0.440 e. The smallest absolute Gasteiger partial charge is 0.256 e. The van der Waals surface area contributed by atoms with Gasteiger partial charge in [-0.2, -0.15) is 5.26 Å². The van der Waals surface area contributed by atoms with E-state index < -0.39 is 16.9 Å². The number of nitrogens with zero attached hydrogens (tertiary/aromatic N) is 2. The van der Waals surface area contributed by atoms with Gasteiger partial charge in [0.15, 0.2) is 5.41 Å². The first-order valence-electron chi connectivity index (χ1n) is 9.86. The SMILES string of the molecule is Cc1cc2c(c(=O)[nH]1)C1(C(=O)N(Cc3ccc(F)cc3)c3ccccc31)C(C#N)=C(N)O2. The Morgan fingerprint density at radius 2 is 1.91 bits per heavy atom. The van der Waals surface area contributed by atoms with Crippen LogP contribution in [0.3, 0.4) is 0 Å². The maximum Gasteiger partial charge on any atom is 0.256 e. The van der Waals surface area contributed by atoms with Crippen molar-refractivity contribution in [2.75, 3.05) is 4.90 Å². The van der Waals surface area contributed by atoms with Crippen molar-refractivity contribution in [3.05, 3.63) is 105 Å². The maximum atomic E-state index is 14.1. The van der Waals surface area contributed by atoms with Gasteiger partial charge in [0, 0.05) is 23.0 Å². The number of anilines is 1. The van der Waals surface area contributed by atoms with E-state index in [-0.39, 0.29) is 35.1 Å². The number of H-pyrrole nitrogens is 1. The fourth-order valence-electron chi connectivity index (χ4n) is 4.58. The number of nitriles is 1. The highest BCUT2D eigenvalue weighted by atomic mass is 19.1. The highest BCUT2D eigenvalue weighted by molar-refractivity contribution is 6.14. The van der Waals surface area contributed by atoms with Crippen molar-refractivity contribution in [3.8, 4) is 11.8 Å². The molecule has 32 heavy (non-hydrogen) atoms. The van der Waals surface area contributed by atoms with Crippen LogP contribution in [0.1, 0.15) is 22.4 Å². The second kappa shape index (κ2) is 6.82. The molecular weight excluding hydrogens is 411 g/mol. The number of nitrogens with one attached hydrogen (secondary N) is 1. The fourth-order valence-corrected chi connectivity index (χ4v) is 4.58. The Balaban J connectivity index is 1.81. The number of aromatic amines is 1. The highest BCUT2D eigenvalue weighted by Gasteiger charge is 2.60. The zero-order valence-corrected chi connectivity index (χ0v) is 17.0. The molecule has 3 heterocycles. The zero-order valence-electron chi connectivity index (χ0n) is 17.0. The van der Waals surface area contributed by atoms with Gasteiger partial charge in [-0.1, -0.05) is 30.3 Å². The number of hydrogen-bond donors (Lipinski definition) is 2. The van der Waals surface area contributed by atoms with Crippen molar-refractivity contribution >= 4 is 11.6 Å². The lowest BCUT2D eigenvalue weighted by Gasteiger charge is -2.33. The monoisotopic (exact) mass is 428 g/mol. The number of hydrogen-bond acceptors (Lipinski definition) is 5. The Bertz CT molecular complexity index is 1420. The minimum absolute atomic E-state index is 0.0212. The fraction of sp³-hybridized carbons (Fsp3) is 0.125. The topological polar surface area (TPSA) is 112 Å². The quantitative estimate of drug-likeness (QED) is 0.652. The summed E-state index contributed by atoms with van der Waals surface area (Å²) in [5.41, 5.74) is 5.92. The van der Waals surface area contributed by atoms with Gasteiger partial charge in [0.2, 0.25) is 11.8 Å². The van der Waals surface area contributed by atoms with Gasteiger partial charge in [-0.25, -0.2) is 4.39 Å². The Morgan fingerprint density at radius 3 is 2.62 bits per heavy atom. The first kappa shape index (κ1) is 19.6. The molecule has 0 bridgehead atoms. The molecule has 158 valence electrons. The first-order valence-corrected chi connectivity index (χ1v) is 9.86. The number of nitrogens with two attached hydrogens (primary N) is 1. The summed E-state index contributed by atoms with van der Waals surface area (Å²) in [6, 6.07) is 16.3. The highest BCUT2D eigenvalue weighted by Crippen LogP contribution is 2.54. The number of halogens is 1. The number of benzene rings is 2. The Hall–Kier alpha value is -4.38. The van der Waals surface area contributed by atoms with Crippen LogP contribution in [0.2, 0.25) is 0 Å². The summed E-state index contributed by atoms with van der Waals surface area (Å²) in [6.45, 7) is 1.80. The van der Waals surface area contributed by atoms with E-state index in [4.69, 9.17) is 10.5 Å². The minimum Gasteiger partial charge on any atom is -0.440 e. The van der Waals surface area contributed by atoms with Gasteiger partial charge in [-0.3, -0.25) is 9.59 Å². The molecule has 3 N–H and O–H groups in total. The van der Waals surface area contributed by atoms with Gasteiger partial charge in [0.05, 0.1) is 12.1 Å². The molecule has 1 atom stereocenters. The summed E-state index contributed by atoms with van der Waals surface area (Å²) in [4.78, 5) is 31.5. The summed E-state index contributed by atoms with van der Waals surface area (Å²) >= 11 is 0. The van der Waals surface area contributed by atoms with Gasteiger partial charge < -0.3 is 20.4 Å². The molecule has 1 spiro atoms. The van der Waals surface area contributed by atoms with E-state index in [9.17, 15) is 19.2 Å². The van der Waals surface area contributed by atoms with Gasteiger partial charge in [0.25, 0.3) is 5.56 Å². The lowest BCUT2D eigenvalue weighted by molar-refractivity contribution is -0.121. The molecule has 1 unspecified atom stereocenters. The van der Waals surface area contributed by atoms with Gasteiger partial charge in [0.1, 0.15) is 23.2 Å². The predicted molar refractivity (Wildman–Crippen MR) is 114 cm³/mol. The van der Waals surface area contributed by atoms with E-state index in [1.165, 1.54) is 17.0 Å². The number of rotatable bonds is 2. The number of carbonyl (C=O) groups is 1. The average Bonchev–Trinajstić information content (AvgIpc) is 2.98. The Labute approximate surface area is 182 Å². The summed E-state index contributed by atoms with van der Waals surface area (Å²) < 4.78 is 19.0. The van der Waals surface area contributed by atoms with Crippen molar-refractivity contribution in [2.45, 2.75) is 18.9 Å². The van der Waals surface area contributed by atoms with Crippen molar-refractivity contribution in [2.24, 2.45) is 5.73 Å². The third-order valence-corrected chi connectivity index (χ3v) is 5.88. The van der Waals surface area contributed by atoms with Crippen LogP contribution in [-0.4, -0.2) is 10.9 Å². The standard InChI is InChI=1S/C24H17FN4O3/c1-13-10-19-20(22(30)28-13)24(17(11-26)21(27)32-19)16-4-2-3-5-18(16)29(23(24)31)12-14-6-8-15(25)9-7-14/h2-10H,12,27H2,1H3,(H,28,30). The second-order valence-corrected chi connectivity index (χ2v) is 7.76. The Morgan fingerprint density at radius 1 is 1.19 bits per heavy atom. The van der Waals surface area contributed by atoms with Crippen molar-refractivity contribution in [1.29, 1.82) is 5.26 Å². The second-order valence-electron chi connectivity index (χ2n) is 7.76. The van der Waals surface area contributed by atoms with E-state index in [2.05, 4.69) is 4.98 Å². The molecule has 0 radical (unpaired) electrons. The summed E-state index contributed by atoms with van der Waals surface area (Å²) in [7, 11) is 0. The molecule has 7 nitrogen and oxygen atoms in total. The predicted octanol–water partition coefficient (Wildman–Crippen LogP) is 2.74. The number of ether oxygens (including phenoxy) is 1. The molecule has 1 aromatic heterocycles. The van der Waals surface area contributed by atoms with Crippen LogP contribution in [0.25, 0.3) is 0 Å². The van der Waals surface area contributed by atoms with Crippen LogP contribution < -0.4 is 20.9 Å². The van der Waals surface area contributed by atoms with Crippen LogP contribution in [0.5, 0.6) is 5.75 Å². The van der Waals surface area contributed by atoms with Crippen LogP contribution in [-0.2, 0) is 16.8 Å². The van der Waals surface area contributed by atoms with Gasteiger partial charge in [-0.05, 0) is 30.7 Å². The normalized spacial score (nSPS) is 18.9. The van der Waals surface area contributed by atoms with E-state index >= 15 is 0 Å². The molecule has 2 aliphatic rings. The number of carbonyl (C=O) groups excluding carboxylic acids is 1. The third kappa shape index (κ3) is 2.51. The summed E-state index contributed by atoms with van der Waals surface area (Å²) in [6.07, 6.45) is 0. The van der Waals surface area contributed by atoms with E-state index in [0.29, 0.717) is 22.5 Å². The molecule has 0 saturated heterocycles. The van der Waals surface area contributed by atoms with Crippen molar-refractivity contribution < 1.29 is 13.9 Å². The number of fused-ring (bicyclic) bond motifs is 4. The van der Waals surface area contributed by atoms with Crippen LogP contribution in [0.4, 0.5) is 10.1 Å². The molecule has 1 amide bonds. The molecule has 8 heteroatoms. The molecule has 5 rings (SSSR count). The number of aryl methyl sites for hydroxylation is 1. The lowest BCUT2D eigenvalue weighted by Crippen LogP contribution is -2.48. The molecule has 0 saturated carbocycles. The average molecular weight is 428 g/mol. The number of para-hydroxylation sites is 1. The van der Waals surface area contributed by atoms with Crippen LogP contribution in [0, 0.1) is 24.1 Å². The van der Waals surface area contributed by atoms with Crippen LogP contribution in [0.15, 0.2) is 70.8 Å². The minimum atomic E-state index is -1.75. The lowest BCUT2D eigenvalue weighted by atomic mass is 9.69. The van der Waals surface area contributed by atoms with E-state index in [1.54, 1.807) is 49.4 Å². The first-order chi connectivity index (χ1) is 15.4. The van der Waals surface area contributed by atoms with Crippen molar-refractivity contribution in [3.63, 3.8) is 0 Å². The molecule has 0 fully saturated rings. The Kier molecular flexibility index (Phi) is 4.17. The molecule has 3 aromatic rings. The number of aromatic nitrogens is 1. The molecular formula is C24H17FN4O3. The third-order valence-electron chi connectivity index (χ3n) is 5.88. The molecule has 2 aliphatic heterocycles. The van der Waals surface area contributed by atoms with E-state index in [1.807, 2.05) is 6.07 Å². The molecule has 0 aliphatic carbocycles. The van der Waals surface area contributed by atoms with E-state index in [0.717, 1.165) is 0 Å². The number of pyridine rings is 1. The summed E-state index contributed by atoms with van der Waals surface area (Å²) in [5.74, 6) is -0.978. The van der Waals surface area contributed by atoms with Crippen LogP contribution >= 0.6 is 0 Å². The van der Waals surface area contributed by atoms with Crippen molar-refractivity contribution in [1.82, 2.24) is 4.98 Å². The zero-order chi connectivity index (χ0) is 22.6. The molecule has 2 aromatic carbocycles. The van der Waals surface area contributed by atoms with Gasteiger partial charge >= 0.3 is 0 Å². The van der Waals surface area contributed by atoms with Gasteiger partial charge in [-0.15, -0.1) is 0 Å².